The molecule has 0 aliphatic heterocycles. The summed E-state index contributed by atoms with van der Waals surface area (Å²) >= 11 is 0. The normalized spacial score (nSPS) is 12.4. The standard InChI is InChI=1S/C16H20N2O2/c1-18(11-13-4-3-9-17-10-13)16(12-19)14-5-7-15(20-2)8-6-14/h3-10,16,19H,11-12H2,1-2H3/t16-/m1/s1. The number of nitrogens with zero attached hydrogens (tertiary/aromatic N) is 2. The third kappa shape index (κ3) is 3.56. The molecule has 1 heterocycles. The lowest BCUT2D eigenvalue weighted by molar-refractivity contribution is 0.142. The van der Waals surface area contributed by atoms with Gasteiger partial charge in [-0.2, -0.15) is 0 Å². The van der Waals surface area contributed by atoms with Crippen molar-refractivity contribution in [2.24, 2.45) is 0 Å². The van der Waals surface area contributed by atoms with E-state index in [1.165, 1.54) is 0 Å². The predicted molar refractivity (Wildman–Crippen MR) is 78.5 cm³/mol. The van der Waals surface area contributed by atoms with E-state index < -0.39 is 0 Å². The molecule has 0 saturated carbocycles. The van der Waals surface area contributed by atoms with Gasteiger partial charge in [0.15, 0.2) is 0 Å². The number of hydrogen-bond acceptors (Lipinski definition) is 4. The van der Waals surface area contributed by atoms with Crippen LogP contribution in [0.2, 0.25) is 0 Å². The van der Waals surface area contributed by atoms with Crippen LogP contribution >= 0.6 is 0 Å². The Hall–Kier alpha value is -1.91. The van der Waals surface area contributed by atoms with Gasteiger partial charge in [-0.05, 0) is 36.4 Å². The second-order valence-corrected chi connectivity index (χ2v) is 4.75. The Bertz CT molecular complexity index is 514. The zero-order valence-corrected chi connectivity index (χ0v) is 11.9. The minimum Gasteiger partial charge on any atom is -0.497 e. The van der Waals surface area contributed by atoms with E-state index in [2.05, 4.69) is 9.88 Å². The maximum Gasteiger partial charge on any atom is 0.118 e. The van der Waals surface area contributed by atoms with Crippen LogP contribution in [0.3, 0.4) is 0 Å². The number of benzene rings is 1. The van der Waals surface area contributed by atoms with Gasteiger partial charge >= 0.3 is 0 Å². The van der Waals surface area contributed by atoms with Gasteiger partial charge in [-0.25, -0.2) is 0 Å². The average molecular weight is 272 g/mol. The van der Waals surface area contributed by atoms with Crippen molar-refractivity contribution in [3.8, 4) is 5.75 Å². The molecule has 0 unspecified atom stereocenters. The number of aromatic nitrogens is 1. The van der Waals surface area contributed by atoms with Crippen molar-refractivity contribution < 1.29 is 9.84 Å². The van der Waals surface area contributed by atoms with Crippen LogP contribution in [-0.2, 0) is 6.54 Å². The lowest BCUT2D eigenvalue weighted by Crippen LogP contribution is -2.27. The zero-order valence-electron chi connectivity index (χ0n) is 11.9. The molecule has 2 aromatic rings. The number of aliphatic hydroxyl groups excluding tert-OH is 1. The highest BCUT2D eigenvalue weighted by Gasteiger charge is 2.16. The Morgan fingerprint density at radius 1 is 1.25 bits per heavy atom. The predicted octanol–water partition coefficient (Wildman–Crippen LogP) is 2.26. The Labute approximate surface area is 119 Å². The zero-order chi connectivity index (χ0) is 14.4. The lowest BCUT2D eigenvalue weighted by Gasteiger charge is -2.27. The SMILES string of the molecule is COc1ccc([C@@H](CO)N(C)Cc2cccnc2)cc1. The summed E-state index contributed by atoms with van der Waals surface area (Å²) in [5, 5.41) is 9.67. The van der Waals surface area contributed by atoms with E-state index in [0.717, 1.165) is 23.4 Å². The third-order valence-electron chi connectivity index (χ3n) is 3.36. The molecule has 1 aromatic heterocycles. The first-order chi connectivity index (χ1) is 9.74. The topological polar surface area (TPSA) is 45.6 Å². The minimum atomic E-state index is -0.0406. The molecule has 2 rings (SSSR count). The van der Waals surface area contributed by atoms with E-state index in [4.69, 9.17) is 4.74 Å². The van der Waals surface area contributed by atoms with Crippen LogP contribution in [0.5, 0.6) is 5.75 Å². The van der Waals surface area contributed by atoms with Crippen LogP contribution in [0.4, 0.5) is 0 Å². The van der Waals surface area contributed by atoms with Crippen LogP contribution in [0.1, 0.15) is 17.2 Å². The average Bonchev–Trinajstić information content (AvgIpc) is 2.49. The molecule has 0 aliphatic carbocycles. The number of methoxy groups -OCH3 is 1. The smallest absolute Gasteiger partial charge is 0.118 e. The van der Waals surface area contributed by atoms with Crippen LogP contribution in [0, 0.1) is 0 Å². The molecule has 1 aromatic carbocycles. The molecule has 0 bridgehead atoms. The molecular weight excluding hydrogens is 252 g/mol. The third-order valence-corrected chi connectivity index (χ3v) is 3.36. The largest absolute Gasteiger partial charge is 0.497 e. The molecule has 1 atom stereocenters. The van der Waals surface area contributed by atoms with Gasteiger partial charge in [0.1, 0.15) is 5.75 Å². The molecule has 0 saturated heterocycles. The highest BCUT2D eigenvalue weighted by atomic mass is 16.5. The summed E-state index contributed by atoms with van der Waals surface area (Å²) in [6.07, 6.45) is 3.61. The van der Waals surface area contributed by atoms with Crippen LogP contribution < -0.4 is 4.74 Å². The molecular formula is C16H20N2O2. The van der Waals surface area contributed by atoms with Gasteiger partial charge < -0.3 is 9.84 Å². The van der Waals surface area contributed by atoms with Crippen molar-refractivity contribution in [1.29, 1.82) is 0 Å². The van der Waals surface area contributed by atoms with Gasteiger partial charge in [-0.3, -0.25) is 9.88 Å². The number of likely N-dealkylation sites (N-methyl/N-ethyl adjacent to an activating group) is 1. The van der Waals surface area contributed by atoms with Gasteiger partial charge in [0.25, 0.3) is 0 Å². The van der Waals surface area contributed by atoms with Crippen molar-refractivity contribution in [3.63, 3.8) is 0 Å². The highest BCUT2D eigenvalue weighted by molar-refractivity contribution is 5.29. The molecule has 0 fully saturated rings. The quantitative estimate of drug-likeness (QED) is 0.876. The van der Waals surface area contributed by atoms with Crippen LogP contribution in [-0.4, -0.2) is 35.8 Å². The first-order valence-electron chi connectivity index (χ1n) is 6.58. The number of ether oxygens (including phenoxy) is 1. The van der Waals surface area contributed by atoms with Crippen molar-refractivity contribution in [1.82, 2.24) is 9.88 Å². The fourth-order valence-corrected chi connectivity index (χ4v) is 2.22. The summed E-state index contributed by atoms with van der Waals surface area (Å²) in [5.74, 6) is 0.820. The monoisotopic (exact) mass is 272 g/mol. The maximum atomic E-state index is 9.67. The Morgan fingerprint density at radius 3 is 2.55 bits per heavy atom. The van der Waals surface area contributed by atoms with Gasteiger partial charge in [-0.1, -0.05) is 18.2 Å². The van der Waals surface area contributed by atoms with Gasteiger partial charge in [0.2, 0.25) is 0 Å². The van der Waals surface area contributed by atoms with Crippen molar-refractivity contribution in [2.75, 3.05) is 20.8 Å². The first kappa shape index (κ1) is 14.5. The molecule has 20 heavy (non-hydrogen) atoms. The Kier molecular flexibility index (Phi) is 5.09. The number of rotatable bonds is 6. The fourth-order valence-electron chi connectivity index (χ4n) is 2.22. The molecule has 0 radical (unpaired) electrons. The molecule has 4 nitrogen and oxygen atoms in total. The van der Waals surface area contributed by atoms with Gasteiger partial charge in [0.05, 0.1) is 19.8 Å². The van der Waals surface area contributed by atoms with E-state index in [0.29, 0.717) is 0 Å². The summed E-state index contributed by atoms with van der Waals surface area (Å²) < 4.78 is 5.15. The second-order valence-electron chi connectivity index (χ2n) is 4.75. The first-order valence-corrected chi connectivity index (χ1v) is 6.58. The van der Waals surface area contributed by atoms with Crippen LogP contribution in [0.25, 0.3) is 0 Å². The second kappa shape index (κ2) is 7.03. The Morgan fingerprint density at radius 2 is 2.00 bits per heavy atom. The van der Waals surface area contributed by atoms with Crippen LogP contribution in [0.15, 0.2) is 48.8 Å². The van der Waals surface area contributed by atoms with E-state index >= 15 is 0 Å². The van der Waals surface area contributed by atoms with E-state index in [1.54, 1.807) is 13.3 Å². The Balaban J connectivity index is 2.10. The van der Waals surface area contributed by atoms with Gasteiger partial charge in [-0.15, -0.1) is 0 Å². The summed E-state index contributed by atoms with van der Waals surface area (Å²) in [7, 11) is 3.64. The van der Waals surface area contributed by atoms with E-state index in [-0.39, 0.29) is 12.6 Å². The minimum absolute atomic E-state index is 0.0406. The summed E-state index contributed by atoms with van der Waals surface area (Å²) in [6, 6.07) is 11.7. The molecule has 0 spiro atoms. The molecule has 0 amide bonds. The highest BCUT2D eigenvalue weighted by Crippen LogP contribution is 2.23. The van der Waals surface area contributed by atoms with E-state index in [1.807, 2.05) is 49.6 Å². The van der Waals surface area contributed by atoms with Crippen molar-refractivity contribution >= 4 is 0 Å². The van der Waals surface area contributed by atoms with E-state index in [9.17, 15) is 5.11 Å². The number of aliphatic hydroxyl groups is 1. The summed E-state index contributed by atoms with van der Waals surface area (Å²) in [5.41, 5.74) is 2.20. The molecule has 4 heteroatoms. The molecule has 106 valence electrons. The number of hydrogen-bond donors (Lipinski definition) is 1. The van der Waals surface area contributed by atoms with Crippen molar-refractivity contribution in [2.45, 2.75) is 12.6 Å². The summed E-state index contributed by atoms with van der Waals surface area (Å²) in [4.78, 5) is 6.22. The van der Waals surface area contributed by atoms with Crippen molar-refractivity contribution in [3.05, 3.63) is 59.9 Å². The molecule has 1 N–H and O–H groups in total. The number of pyridine rings is 1. The van der Waals surface area contributed by atoms with Gasteiger partial charge in [0, 0.05) is 18.9 Å². The summed E-state index contributed by atoms with van der Waals surface area (Å²) in [6.45, 7) is 0.814. The lowest BCUT2D eigenvalue weighted by atomic mass is 10.1. The fraction of sp³-hybridized carbons (Fsp3) is 0.312. The maximum absolute atomic E-state index is 9.67. The molecule has 0 aliphatic rings.